The number of aromatic nitrogens is 2. The molecule has 27 heavy (non-hydrogen) atoms. The molecule has 6 nitrogen and oxygen atoms in total. The molecule has 0 amide bonds. The maximum Gasteiger partial charge on any atom is 0.241 e. The van der Waals surface area contributed by atoms with Crippen LogP contribution in [0.2, 0.25) is 5.02 Å². The molecule has 0 N–H and O–H groups in total. The number of rotatable bonds is 6. The van der Waals surface area contributed by atoms with Crippen molar-refractivity contribution >= 4 is 11.6 Å². The van der Waals surface area contributed by atoms with Gasteiger partial charge in [-0.2, -0.15) is 4.98 Å². The van der Waals surface area contributed by atoms with Gasteiger partial charge < -0.3 is 9.26 Å². The van der Waals surface area contributed by atoms with E-state index in [-0.39, 0.29) is 0 Å². The molecule has 0 spiro atoms. The SMILES string of the molecule is Clc1ccc(-c2noc(CN3CCCC[C@@H]3CCN3CCOCC3)n2)cc1. The summed E-state index contributed by atoms with van der Waals surface area (Å²) < 4.78 is 11.0. The summed E-state index contributed by atoms with van der Waals surface area (Å²) in [6.07, 6.45) is 5.00. The third kappa shape index (κ3) is 5.08. The zero-order chi connectivity index (χ0) is 18.5. The fraction of sp³-hybridized carbons (Fsp3) is 0.600. The average Bonchev–Trinajstić information content (AvgIpc) is 3.17. The Hall–Kier alpha value is -1.47. The number of piperidine rings is 1. The molecule has 146 valence electrons. The molecule has 2 saturated heterocycles. The molecule has 4 rings (SSSR count). The Labute approximate surface area is 165 Å². The van der Waals surface area contributed by atoms with Crippen molar-refractivity contribution < 1.29 is 9.26 Å². The van der Waals surface area contributed by atoms with E-state index < -0.39 is 0 Å². The van der Waals surface area contributed by atoms with E-state index in [1.54, 1.807) is 0 Å². The summed E-state index contributed by atoms with van der Waals surface area (Å²) in [4.78, 5) is 9.63. The van der Waals surface area contributed by atoms with Crippen molar-refractivity contribution in [2.24, 2.45) is 0 Å². The van der Waals surface area contributed by atoms with Crippen LogP contribution in [0.5, 0.6) is 0 Å². The van der Waals surface area contributed by atoms with E-state index in [1.165, 1.54) is 25.7 Å². The Morgan fingerprint density at radius 2 is 1.89 bits per heavy atom. The topological polar surface area (TPSA) is 54.6 Å². The lowest BCUT2D eigenvalue weighted by atomic mass is 9.99. The van der Waals surface area contributed by atoms with Gasteiger partial charge in [-0.15, -0.1) is 0 Å². The molecule has 7 heteroatoms. The van der Waals surface area contributed by atoms with Crippen molar-refractivity contribution in [2.45, 2.75) is 38.3 Å². The van der Waals surface area contributed by atoms with Crippen LogP contribution in [-0.2, 0) is 11.3 Å². The molecule has 2 fully saturated rings. The molecular weight excluding hydrogens is 364 g/mol. The number of morpholine rings is 1. The van der Waals surface area contributed by atoms with Crippen LogP contribution < -0.4 is 0 Å². The molecule has 0 bridgehead atoms. The summed E-state index contributed by atoms with van der Waals surface area (Å²) >= 11 is 5.95. The second kappa shape index (κ2) is 9.15. The zero-order valence-corrected chi connectivity index (χ0v) is 16.4. The van der Waals surface area contributed by atoms with Gasteiger partial charge in [-0.3, -0.25) is 9.80 Å². The van der Waals surface area contributed by atoms with Crippen molar-refractivity contribution in [2.75, 3.05) is 39.4 Å². The molecule has 2 aliphatic rings. The van der Waals surface area contributed by atoms with Gasteiger partial charge in [0.05, 0.1) is 19.8 Å². The van der Waals surface area contributed by atoms with E-state index in [9.17, 15) is 0 Å². The van der Waals surface area contributed by atoms with Gasteiger partial charge in [-0.25, -0.2) is 0 Å². The first-order valence-corrected chi connectivity index (χ1v) is 10.3. The summed E-state index contributed by atoms with van der Waals surface area (Å²) in [5, 5.41) is 4.86. The first-order valence-electron chi connectivity index (χ1n) is 9.90. The molecule has 0 unspecified atom stereocenters. The van der Waals surface area contributed by atoms with Crippen LogP contribution in [-0.4, -0.2) is 65.4 Å². The average molecular weight is 391 g/mol. The third-order valence-electron chi connectivity index (χ3n) is 5.54. The highest BCUT2D eigenvalue weighted by molar-refractivity contribution is 6.30. The predicted octanol–water partition coefficient (Wildman–Crippen LogP) is 3.47. The lowest BCUT2D eigenvalue weighted by Gasteiger charge is -2.36. The number of hydrogen-bond acceptors (Lipinski definition) is 6. The van der Waals surface area contributed by atoms with Gasteiger partial charge in [-0.1, -0.05) is 23.2 Å². The Bertz CT molecular complexity index is 715. The van der Waals surface area contributed by atoms with Crippen molar-refractivity contribution in [1.29, 1.82) is 0 Å². The molecule has 0 saturated carbocycles. The molecular formula is C20H27ClN4O2. The van der Waals surface area contributed by atoms with Crippen molar-refractivity contribution in [3.63, 3.8) is 0 Å². The Kier molecular flexibility index (Phi) is 6.39. The second-order valence-corrected chi connectivity index (χ2v) is 7.82. The van der Waals surface area contributed by atoms with Gasteiger partial charge in [0.25, 0.3) is 0 Å². The molecule has 1 aromatic carbocycles. The lowest BCUT2D eigenvalue weighted by molar-refractivity contribution is 0.0294. The largest absolute Gasteiger partial charge is 0.379 e. The Morgan fingerprint density at radius 3 is 2.70 bits per heavy atom. The van der Waals surface area contributed by atoms with Crippen LogP contribution in [0.3, 0.4) is 0 Å². The maximum absolute atomic E-state index is 5.95. The standard InChI is InChI=1S/C20H27ClN4O2/c21-17-6-4-16(5-7-17)20-22-19(27-23-20)15-25-9-2-1-3-18(25)8-10-24-11-13-26-14-12-24/h4-7,18H,1-3,8-15H2/t18-/m1/s1. The first kappa shape index (κ1) is 18.9. The zero-order valence-electron chi connectivity index (χ0n) is 15.6. The smallest absolute Gasteiger partial charge is 0.241 e. The van der Waals surface area contributed by atoms with Crippen LogP contribution in [0.15, 0.2) is 28.8 Å². The molecule has 0 radical (unpaired) electrons. The van der Waals surface area contributed by atoms with E-state index in [4.69, 9.17) is 20.9 Å². The minimum Gasteiger partial charge on any atom is -0.379 e. The molecule has 1 aromatic heterocycles. The lowest BCUT2D eigenvalue weighted by Crippen LogP contribution is -2.43. The normalized spacial score (nSPS) is 22.2. The Balaban J connectivity index is 1.35. The molecule has 2 aliphatic heterocycles. The fourth-order valence-corrected chi connectivity index (χ4v) is 4.09. The van der Waals surface area contributed by atoms with E-state index in [0.29, 0.717) is 22.8 Å². The molecule has 0 aliphatic carbocycles. The van der Waals surface area contributed by atoms with Crippen LogP contribution in [0, 0.1) is 0 Å². The van der Waals surface area contributed by atoms with Crippen molar-refractivity contribution in [1.82, 2.24) is 19.9 Å². The number of likely N-dealkylation sites (tertiary alicyclic amines) is 1. The summed E-state index contributed by atoms with van der Waals surface area (Å²) in [6.45, 7) is 6.82. The third-order valence-corrected chi connectivity index (χ3v) is 5.79. The predicted molar refractivity (Wildman–Crippen MR) is 105 cm³/mol. The summed E-state index contributed by atoms with van der Waals surface area (Å²) in [7, 11) is 0. The Morgan fingerprint density at radius 1 is 1.07 bits per heavy atom. The van der Waals surface area contributed by atoms with Crippen LogP contribution in [0.1, 0.15) is 31.6 Å². The summed E-state index contributed by atoms with van der Waals surface area (Å²) in [5.74, 6) is 1.32. The number of hydrogen-bond donors (Lipinski definition) is 0. The molecule has 1 atom stereocenters. The van der Waals surface area contributed by atoms with Gasteiger partial charge in [0.2, 0.25) is 11.7 Å². The minimum absolute atomic E-state index is 0.590. The number of ether oxygens (including phenoxy) is 1. The fourth-order valence-electron chi connectivity index (χ4n) is 3.96. The number of nitrogens with zero attached hydrogens (tertiary/aromatic N) is 4. The quantitative estimate of drug-likeness (QED) is 0.752. The second-order valence-electron chi connectivity index (χ2n) is 7.38. The van der Waals surface area contributed by atoms with Gasteiger partial charge in [0.15, 0.2) is 0 Å². The van der Waals surface area contributed by atoms with Crippen LogP contribution >= 0.6 is 11.6 Å². The van der Waals surface area contributed by atoms with Crippen LogP contribution in [0.4, 0.5) is 0 Å². The summed E-state index contributed by atoms with van der Waals surface area (Å²) in [5.41, 5.74) is 0.928. The van der Waals surface area contributed by atoms with Crippen molar-refractivity contribution in [3.05, 3.63) is 35.2 Å². The van der Waals surface area contributed by atoms with Crippen molar-refractivity contribution in [3.8, 4) is 11.4 Å². The van der Waals surface area contributed by atoms with Gasteiger partial charge >= 0.3 is 0 Å². The van der Waals surface area contributed by atoms with Gasteiger partial charge in [0.1, 0.15) is 0 Å². The highest BCUT2D eigenvalue weighted by Crippen LogP contribution is 2.24. The summed E-state index contributed by atoms with van der Waals surface area (Å²) in [6, 6.07) is 8.12. The van der Waals surface area contributed by atoms with E-state index >= 15 is 0 Å². The van der Waals surface area contributed by atoms with Crippen LogP contribution in [0.25, 0.3) is 11.4 Å². The minimum atomic E-state index is 0.590. The van der Waals surface area contributed by atoms with E-state index in [2.05, 4.69) is 19.9 Å². The van der Waals surface area contributed by atoms with Gasteiger partial charge in [0, 0.05) is 29.7 Å². The van der Waals surface area contributed by atoms with Gasteiger partial charge in [-0.05, 0) is 56.6 Å². The first-order chi connectivity index (χ1) is 13.3. The monoisotopic (exact) mass is 390 g/mol. The highest BCUT2D eigenvalue weighted by Gasteiger charge is 2.25. The maximum atomic E-state index is 5.95. The molecule has 2 aromatic rings. The van der Waals surface area contributed by atoms with E-state index in [1.807, 2.05) is 24.3 Å². The molecule has 3 heterocycles. The highest BCUT2D eigenvalue weighted by atomic mass is 35.5. The van der Waals surface area contributed by atoms with E-state index in [0.717, 1.165) is 51.5 Å². The number of halogens is 1. The number of benzene rings is 1.